The van der Waals surface area contributed by atoms with Gasteiger partial charge in [-0.1, -0.05) is 44.2 Å². The Morgan fingerprint density at radius 3 is 2.56 bits per heavy atom. The van der Waals surface area contributed by atoms with E-state index in [1.165, 1.54) is 0 Å². The van der Waals surface area contributed by atoms with Crippen LogP contribution in [0.3, 0.4) is 0 Å². The Morgan fingerprint density at radius 1 is 1.18 bits per heavy atom. The second-order valence-electron chi connectivity index (χ2n) is 14.4. The van der Waals surface area contributed by atoms with Crippen LogP contribution in [0.1, 0.15) is 73.6 Å². The molecule has 2 aliphatic heterocycles. The molecule has 272 valence electrons. The zero-order valence-corrected chi connectivity index (χ0v) is 30.8. The summed E-state index contributed by atoms with van der Waals surface area (Å²) in [4.78, 5) is 42.7. The van der Waals surface area contributed by atoms with Crippen molar-refractivity contribution >= 4 is 31.4 Å². The molecule has 2 aliphatic rings. The first-order valence-corrected chi connectivity index (χ1v) is 17.9. The van der Waals surface area contributed by atoms with E-state index in [-0.39, 0.29) is 17.7 Å². The Morgan fingerprint density at radius 2 is 1.90 bits per heavy atom. The van der Waals surface area contributed by atoms with Crippen LogP contribution >= 0.6 is 0 Å². The van der Waals surface area contributed by atoms with Crippen molar-refractivity contribution in [2.45, 2.75) is 115 Å². The van der Waals surface area contributed by atoms with Gasteiger partial charge in [0.2, 0.25) is 0 Å². The standard InChI is InChI=1S/C37H55BN6O6/c1-9-16-37(48-8)20-23(3)21-40-26(6)33-36(7,30(10-2)49-34(46)25(5)31(45)24(4)32(37)38)50-35(47)44(33)18-12-11-17-43-22-29(41-42-43)27-14-13-15-28(39)19-27/h9,13-15,19,22-26,30,32-33,40H,1,10-12,16-18,20-21,39H2,2-8H3/t23-,24+,25-,26-,30-,32-,33-,36-,37-/m1/s1. The highest BCUT2D eigenvalue weighted by Gasteiger charge is 2.58. The number of carbonyl (C=O) groups is 3. The van der Waals surface area contributed by atoms with Crippen LogP contribution in [-0.4, -0.2) is 95.2 Å². The van der Waals surface area contributed by atoms with Crippen molar-refractivity contribution in [2.75, 3.05) is 25.9 Å². The number of ether oxygens (including phenoxy) is 3. The minimum atomic E-state index is -1.18. The second kappa shape index (κ2) is 16.5. The molecule has 2 aromatic rings. The number of cyclic esters (lactones) is 1. The molecule has 9 atom stereocenters. The number of aryl methyl sites for hydroxylation is 1. The summed E-state index contributed by atoms with van der Waals surface area (Å²) in [7, 11) is 8.39. The van der Waals surface area contributed by atoms with E-state index in [1.54, 1.807) is 36.6 Å². The molecule has 3 heterocycles. The first kappa shape index (κ1) is 39.1. The van der Waals surface area contributed by atoms with Gasteiger partial charge in [0.15, 0.2) is 5.60 Å². The number of aromatic nitrogens is 3. The number of ketones is 1. The summed E-state index contributed by atoms with van der Waals surface area (Å²) in [6.45, 7) is 16.7. The van der Waals surface area contributed by atoms with Crippen LogP contribution in [0.25, 0.3) is 11.3 Å². The number of carbonyl (C=O) groups excluding carboxylic acids is 3. The van der Waals surface area contributed by atoms with Crippen molar-refractivity contribution in [1.82, 2.24) is 25.2 Å². The molecule has 4 rings (SSSR count). The predicted octanol–water partition coefficient (Wildman–Crippen LogP) is 4.99. The number of fused-ring (bicyclic) bond motifs is 1. The summed E-state index contributed by atoms with van der Waals surface area (Å²) in [5.74, 6) is -3.37. The number of hydrogen-bond acceptors (Lipinski definition) is 10. The lowest BCUT2D eigenvalue weighted by atomic mass is 9.60. The number of benzene rings is 1. The molecule has 3 N–H and O–H groups in total. The van der Waals surface area contributed by atoms with E-state index in [1.807, 2.05) is 51.2 Å². The Kier molecular flexibility index (Phi) is 12.9. The molecule has 2 saturated heterocycles. The number of amides is 1. The Balaban J connectivity index is 1.57. The Hall–Kier alpha value is -3.71. The van der Waals surface area contributed by atoms with Gasteiger partial charge in [-0.15, -0.1) is 11.7 Å². The maximum Gasteiger partial charge on any atom is 0.410 e. The van der Waals surface area contributed by atoms with Crippen molar-refractivity contribution in [1.29, 1.82) is 0 Å². The van der Waals surface area contributed by atoms with Crippen LogP contribution in [0.5, 0.6) is 0 Å². The van der Waals surface area contributed by atoms with Crippen molar-refractivity contribution in [3.63, 3.8) is 0 Å². The van der Waals surface area contributed by atoms with Gasteiger partial charge in [0.1, 0.15) is 23.5 Å². The highest BCUT2D eigenvalue weighted by molar-refractivity contribution is 6.15. The van der Waals surface area contributed by atoms with Gasteiger partial charge in [0.05, 0.1) is 25.7 Å². The fourth-order valence-electron chi connectivity index (χ4n) is 7.83. The summed E-state index contributed by atoms with van der Waals surface area (Å²) in [5, 5.41) is 12.2. The number of nitrogen functional groups attached to an aromatic ring is 1. The number of nitrogens with two attached hydrogens (primary N) is 1. The molecule has 1 amide bonds. The van der Waals surface area contributed by atoms with Gasteiger partial charge >= 0.3 is 12.1 Å². The highest BCUT2D eigenvalue weighted by Crippen LogP contribution is 2.42. The Labute approximate surface area is 298 Å². The van der Waals surface area contributed by atoms with Crippen LogP contribution < -0.4 is 11.1 Å². The monoisotopic (exact) mass is 690 g/mol. The van der Waals surface area contributed by atoms with Crippen LogP contribution in [0, 0.1) is 17.8 Å². The number of rotatable bonds is 10. The van der Waals surface area contributed by atoms with Crippen LogP contribution in [0.4, 0.5) is 10.5 Å². The quantitative estimate of drug-likeness (QED) is 0.0872. The molecule has 2 fully saturated rings. The highest BCUT2D eigenvalue weighted by atomic mass is 16.6. The van der Waals surface area contributed by atoms with Crippen LogP contribution in [-0.2, 0) is 30.3 Å². The lowest BCUT2D eigenvalue weighted by Gasteiger charge is -2.43. The van der Waals surface area contributed by atoms with Crippen LogP contribution in [0.15, 0.2) is 43.1 Å². The lowest BCUT2D eigenvalue weighted by Crippen LogP contribution is -2.61. The van der Waals surface area contributed by atoms with Gasteiger partial charge in [-0.2, -0.15) is 0 Å². The maximum atomic E-state index is 13.7. The molecule has 0 saturated carbocycles. The molecule has 1 aromatic heterocycles. The molecular weight excluding hydrogens is 635 g/mol. The Bertz CT molecular complexity index is 1500. The van der Waals surface area contributed by atoms with E-state index >= 15 is 0 Å². The van der Waals surface area contributed by atoms with Gasteiger partial charge in [-0.3, -0.25) is 19.2 Å². The minimum Gasteiger partial charge on any atom is -0.458 e. The number of methoxy groups -OCH3 is 1. The molecule has 1 aromatic carbocycles. The van der Waals surface area contributed by atoms with E-state index in [0.717, 1.165) is 17.7 Å². The number of nitrogens with one attached hydrogen (secondary N) is 1. The SMILES string of the molecule is [B][C@@H]1[C@@H](C)C(=O)[C@@H](C)C(=O)O[C@H](CC)[C@@]2(C)OC(=O)N(CCCCn3cc(-c4cccc(N)c4)nn3)[C@@H]2[C@@H](C)NC[C@H](C)C[C@@]1(CC=C)OC. The van der Waals surface area contributed by atoms with E-state index in [4.69, 9.17) is 27.8 Å². The summed E-state index contributed by atoms with van der Waals surface area (Å²) in [6, 6.07) is 6.79. The first-order valence-electron chi connectivity index (χ1n) is 17.9. The summed E-state index contributed by atoms with van der Waals surface area (Å²) < 4.78 is 20.1. The number of unbranched alkanes of at least 4 members (excludes halogenated alkanes) is 1. The summed E-state index contributed by atoms with van der Waals surface area (Å²) in [6.07, 6.45) is 5.16. The smallest absolute Gasteiger partial charge is 0.410 e. The third kappa shape index (κ3) is 8.25. The van der Waals surface area contributed by atoms with Crippen molar-refractivity contribution < 1.29 is 28.6 Å². The topological polar surface area (TPSA) is 151 Å². The second-order valence-corrected chi connectivity index (χ2v) is 14.4. The third-order valence-corrected chi connectivity index (χ3v) is 10.7. The number of esters is 1. The molecular formula is C37H55BN6O6. The average molecular weight is 691 g/mol. The van der Waals surface area contributed by atoms with E-state index in [0.29, 0.717) is 51.0 Å². The molecule has 0 unspecified atom stereocenters. The zero-order chi connectivity index (χ0) is 36.8. The fraction of sp³-hybridized carbons (Fsp3) is 0.649. The fourth-order valence-corrected chi connectivity index (χ4v) is 7.83. The van der Waals surface area contributed by atoms with Crippen LogP contribution in [0.2, 0.25) is 5.82 Å². The summed E-state index contributed by atoms with van der Waals surface area (Å²) in [5.41, 5.74) is 6.17. The van der Waals surface area contributed by atoms with E-state index in [9.17, 15) is 14.4 Å². The first-order chi connectivity index (χ1) is 23.7. The van der Waals surface area contributed by atoms with Gasteiger partial charge in [0.25, 0.3) is 0 Å². The predicted molar refractivity (Wildman–Crippen MR) is 193 cm³/mol. The molecule has 0 bridgehead atoms. The van der Waals surface area contributed by atoms with Gasteiger partial charge in [-0.25, -0.2) is 4.79 Å². The number of anilines is 1. The van der Waals surface area contributed by atoms with Crippen molar-refractivity contribution in [3.8, 4) is 11.3 Å². The lowest BCUT2D eigenvalue weighted by molar-refractivity contribution is -0.170. The largest absolute Gasteiger partial charge is 0.458 e. The number of Topliss-reactive ketones (excluding diaryl/α,β-unsaturated/α-hetero) is 1. The molecule has 2 radical (unpaired) electrons. The molecule has 50 heavy (non-hydrogen) atoms. The van der Waals surface area contributed by atoms with E-state index in [2.05, 4.69) is 29.1 Å². The molecule has 12 nitrogen and oxygen atoms in total. The molecule has 0 aliphatic carbocycles. The number of hydrogen-bond donors (Lipinski definition) is 2. The van der Waals surface area contributed by atoms with Crippen molar-refractivity contribution in [3.05, 3.63) is 43.1 Å². The van der Waals surface area contributed by atoms with Gasteiger partial charge in [0, 0.05) is 43.4 Å². The minimum absolute atomic E-state index is 0.0748. The molecule has 13 heteroatoms. The third-order valence-electron chi connectivity index (χ3n) is 10.7. The average Bonchev–Trinajstić information content (AvgIpc) is 3.67. The van der Waals surface area contributed by atoms with Gasteiger partial charge in [-0.05, 0) is 83.3 Å². The summed E-state index contributed by atoms with van der Waals surface area (Å²) >= 11 is 0. The normalized spacial score (nSPS) is 32.8. The van der Waals surface area contributed by atoms with Crippen molar-refractivity contribution in [2.24, 2.45) is 17.8 Å². The molecule has 0 spiro atoms. The van der Waals surface area contributed by atoms with Gasteiger partial charge < -0.3 is 25.3 Å². The maximum absolute atomic E-state index is 13.7. The van der Waals surface area contributed by atoms with E-state index < -0.39 is 53.1 Å². The number of nitrogens with zero attached hydrogens (tertiary/aromatic N) is 4. The zero-order valence-electron chi connectivity index (χ0n) is 30.8.